The first-order valence-electron chi connectivity index (χ1n) is 7.92. The first kappa shape index (κ1) is 16.5. The lowest BCUT2D eigenvalue weighted by molar-refractivity contribution is -0.131. The van der Waals surface area contributed by atoms with Gasteiger partial charge in [-0.3, -0.25) is 4.79 Å². The highest BCUT2D eigenvalue weighted by molar-refractivity contribution is 8.01. The molecule has 126 valence electrons. The van der Waals surface area contributed by atoms with Crippen molar-refractivity contribution in [1.82, 2.24) is 9.80 Å². The molecule has 2 fully saturated rings. The van der Waals surface area contributed by atoms with E-state index < -0.39 is 0 Å². The molecule has 3 rings (SSSR count). The number of carbonyl (C=O) groups excluding carboxylic acids is 1. The minimum Gasteiger partial charge on any atom is -0.497 e. The Labute approximate surface area is 141 Å². The van der Waals surface area contributed by atoms with Gasteiger partial charge < -0.3 is 19.3 Å². The number of hydrogen-bond acceptors (Lipinski definition) is 5. The van der Waals surface area contributed by atoms with Gasteiger partial charge in [-0.1, -0.05) is 0 Å². The van der Waals surface area contributed by atoms with E-state index in [-0.39, 0.29) is 10.8 Å². The Morgan fingerprint density at radius 3 is 2.61 bits per heavy atom. The molecule has 0 saturated carbocycles. The molecule has 0 aliphatic carbocycles. The van der Waals surface area contributed by atoms with Crippen molar-refractivity contribution in [2.45, 2.75) is 24.3 Å². The van der Waals surface area contributed by atoms with E-state index in [0.29, 0.717) is 12.3 Å². The molecule has 0 aromatic heterocycles. The zero-order chi connectivity index (χ0) is 16.4. The summed E-state index contributed by atoms with van der Waals surface area (Å²) >= 11 is 1.81. The minimum absolute atomic E-state index is 0.0471. The first-order valence-corrected chi connectivity index (χ1v) is 8.90. The van der Waals surface area contributed by atoms with E-state index in [0.717, 1.165) is 43.0 Å². The second-order valence-electron chi connectivity index (χ2n) is 6.20. The number of nitrogens with zero attached hydrogens (tertiary/aromatic N) is 2. The number of methoxy groups -OCH3 is 2. The van der Waals surface area contributed by atoms with Crippen LogP contribution in [0, 0.1) is 0 Å². The molecule has 0 atom stereocenters. The molecule has 0 unspecified atom stereocenters. The summed E-state index contributed by atoms with van der Waals surface area (Å²) in [6.45, 7) is 2.68. The van der Waals surface area contributed by atoms with E-state index in [1.54, 1.807) is 14.2 Å². The third-order valence-corrected chi connectivity index (χ3v) is 6.41. The van der Waals surface area contributed by atoms with Gasteiger partial charge in [0.05, 0.1) is 31.4 Å². The van der Waals surface area contributed by atoms with Crippen LogP contribution in [0.2, 0.25) is 0 Å². The van der Waals surface area contributed by atoms with Crippen LogP contribution in [-0.2, 0) is 11.3 Å². The summed E-state index contributed by atoms with van der Waals surface area (Å²) in [7, 11) is 5.44. The molecular weight excluding hydrogens is 312 g/mol. The number of likely N-dealkylation sites (tertiary alicyclic amines) is 1. The van der Waals surface area contributed by atoms with Gasteiger partial charge in [0.25, 0.3) is 0 Å². The summed E-state index contributed by atoms with van der Waals surface area (Å²) in [5, 5.41) is 0. The Balaban J connectivity index is 1.84. The molecule has 1 aromatic rings. The highest BCUT2D eigenvalue weighted by Gasteiger charge is 2.47. The second kappa shape index (κ2) is 6.61. The normalized spacial score (nSPS) is 21.0. The highest BCUT2D eigenvalue weighted by atomic mass is 32.2. The van der Waals surface area contributed by atoms with Gasteiger partial charge >= 0.3 is 0 Å². The van der Waals surface area contributed by atoms with Crippen LogP contribution >= 0.6 is 11.8 Å². The fourth-order valence-corrected chi connectivity index (χ4v) is 4.69. The molecule has 2 saturated heterocycles. The predicted octanol–water partition coefficient (Wildman–Crippen LogP) is 2.20. The van der Waals surface area contributed by atoms with Crippen molar-refractivity contribution in [3.05, 3.63) is 23.8 Å². The Morgan fingerprint density at radius 2 is 1.96 bits per heavy atom. The number of carbonyl (C=O) groups is 1. The van der Waals surface area contributed by atoms with Gasteiger partial charge in [0, 0.05) is 24.7 Å². The zero-order valence-corrected chi connectivity index (χ0v) is 14.8. The van der Waals surface area contributed by atoms with E-state index in [2.05, 4.69) is 16.8 Å². The van der Waals surface area contributed by atoms with Gasteiger partial charge in [0.15, 0.2) is 0 Å². The molecule has 2 aliphatic heterocycles. The molecule has 1 amide bonds. The van der Waals surface area contributed by atoms with Crippen LogP contribution < -0.4 is 9.47 Å². The molecule has 2 heterocycles. The summed E-state index contributed by atoms with van der Waals surface area (Å²) in [5.41, 5.74) is 1.03. The minimum atomic E-state index is -0.0471. The maximum atomic E-state index is 12.5. The quantitative estimate of drug-likeness (QED) is 0.843. The van der Waals surface area contributed by atoms with Crippen LogP contribution in [0.4, 0.5) is 0 Å². The van der Waals surface area contributed by atoms with Crippen molar-refractivity contribution in [3.8, 4) is 11.5 Å². The van der Waals surface area contributed by atoms with Gasteiger partial charge in [0.1, 0.15) is 11.5 Å². The molecule has 2 aliphatic rings. The van der Waals surface area contributed by atoms with Crippen LogP contribution in [-0.4, -0.2) is 60.7 Å². The predicted molar refractivity (Wildman–Crippen MR) is 92.0 cm³/mol. The van der Waals surface area contributed by atoms with Crippen LogP contribution in [0.1, 0.15) is 18.4 Å². The molecule has 6 heteroatoms. The molecule has 0 N–H and O–H groups in total. The lowest BCUT2D eigenvalue weighted by atomic mass is 10.0. The monoisotopic (exact) mass is 336 g/mol. The highest BCUT2D eigenvalue weighted by Crippen LogP contribution is 2.45. The average molecular weight is 336 g/mol. The number of hydrogen-bond donors (Lipinski definition) is 0. The van der Waals surface area contributed by atoms with Gasteiger partial charge in [-0.15, -0.1) is 11.8 Å². The molecule has 23 heavy (non-hydrogen) atoms. The Kier molecular flexibility index (Phi) is 4.73. The standard InChI is InChI=1S/C17H24N2O3S/c1-18-8-6-17(7-9-18)19(16(20)12-23-17)11-13-4-5-14(21-2)10-15(13)22-3/h4-5,10H,6-9,11-12H2,1-3H3. The van der Waals surface area contributed by atoms with Crippen molar-refractivity contribution >= 4 is 17.7 Å². The molecule has 5 nitrogen and oxygen atoms in total. The van der Waals surface area contributed by atoms with Crippen molar-refractivity contribution in [2.24, 2.45) is 0 Å². The van der Waals surface area contributed by atoms with E-state index in [4.69, 9.17) is 9.47 Å². The maximum Gasteiger partial charge on any atom is 0.234 e. The molecule has 1 aromatic carbocycles. The van der Waals surface area contributed by atoms with E-state index in [9.17, 15) is 4.79 Å². The van der Waals surface area contributed by atoms with E-state index >= 15 is 0 Å². The Hall–Kier alpha value is -1.40. The SMILES string of the molecule is COc1ccc(CN2C(=O)CSC23CCN(C)CC3)c(OC)c1. The zero-order valence-electron chi connectivity index (χ0n) is 14.0. The topological polar surface area (TPSA) is 42.0 Å². The smallest absolute Gasteiger partial charge is 0.234 e. The van der Waals surface area contributed by atoms with Gasteiger partial charge in [-0.05, 0) is 32.0 Å². The fourth-order valence-electron chi connectivity index (χ4n) is 3.35. The van der Waals surface area contributed by atoms with E-state index in [1.165, 1.54) is 0 Å². The number of rotatable bonds is 4. The van der Waals surface area contributed by atoms with E-state index in [1.807, 2.05) is 30.0 Å². The van der Waals surface area contributed by atoms with Crippen molar-refractivity contribution < 1.29 is 14.3 Å². The van der Waals surface area contributed by atoms with Gasteiger partial charge in [-0.25, -0.2) is 0 Å². The third kappa shape index (κ3) is 3.15. The van der Waals surface area contributed by atoms with Gasteiger partial charge in [0.2, 0.25) is 5.91 Å². The van der Waals surface area contributed by atoms with Crippen molar-refractivity contribution in [2.75, 3.05) is 40.1 Å². The molecule has 0 bridgehead atoms. The summed E-state index contributed by atoms with van der Waals surface area (Å²) in [4.78, 5) is 16.8. The number of thioether (sulfide) groups is 1. The van der Waals surface area contributed by atoms with Crippen molar-refractivity contribution in [1.29, 1.82) is 0 Å². The largest absolute Gasteiger partial charge is 0.497 e. The summed E-state index contributed by atoms with van der Waals surface area (Å²) < 4.78 is 10.7. The van der Waals surface area contributed by atoms with Crippen LogP contribution in [0.25, 0.3) is 0 Å². The average Bonchev–Trinajstić information content (AvgIpc) is 2.87. The van der Waals surface area contributed by atoms with Gasteiger partial charge in [-0.2, -0.15) is 0 Å². The second-order valence-corrected chi connectivity index (χ2v) is 7.53. The lowest BCUT2D eigenvalue weighted by Crippen LogP contribution is -2.50. The van der Waals surface area contributed by atoms with Crippen LogP contribution in [0.15, 0.2) is 18.2 Å². The molecular formula is C17H24N2O3S. The third-order valence-electron chi connectivity index (χ3n) is 4.85. The molecule has 0 radical (unpaired) electrons. The summed E-state index contributed by atoms with van der Waals surface area (Å²) in [6.07, 6.45) is 2.05. The maximum absolute atomic E-state index is 12.5. The number of ether oxygens (including phenoxy) is 2. The Morgan fingerprint density at radius 1 is 1.22 bits per heavy atom. The van der Waals surface area contributed by atoms with Crippen LogP contribution in [0.5, 0.6) is 11.5 Å². The van der Waals surface area contributed by atoms with Crippen LogP contribution in [0.3, 0.4) is 0 Å². The fraction of sp³-hybridized carbons (Fsp3) is 0.588. The summed E-state index contributed by atoms with van der Waals surface area (Å²) in [6, 6.07) is 5.80. The molecule has 1 spiro atoms. The number of amides is 1. The number of piperidine rings is 1. The lowest BCUT2D eigenvalue weighted by Gasteiger charge is -2.43. The first-order chi connectivity index (χ1) is 11.1. The summed E-state index contributed by atoms with van der Waals surface area (Å²) in [5.74, 6) is 2.36. The number of benzene rings is 1. The Bertz CT molecular complexity index is 585. The van der Waals surface area contributed by atoms with Crippen molar-refractivity contribution in [3.63, 3.8) is 0 Å².